The number of tetrazole rings is 1. The molecule has 0 spiro atoms. The Labute approximate surface area is 192 Å². The summed E-state index contributed by atoms with van der Waals surface area (Å²) in [4.78, 5) is 15.0. The van der Waals surface area contributed by atoms with Crippen molar-refractivity contribution >= 4 is 23.2 Å². The van der Waals surface area contributed by atoms with Crippen LogP contribution in [0.1, 0.15) is 28.3 Å². The lowest BCUT2D eigenvalue weighted by atomic mass is 10.0. The maximum atomic E-state index is 13.1. The van der Waals surface area contributed by atoms with E-state index in [2.05, 4.69) is 39.1 Å². The zero-order chi connectivity index (χ0) is 22.8. The first-order valence-electron chi connectivity index (χ1n) is 10.9. The number of carbonyl (C=O) groups excluding carboxylic acids is 1. The number of amides is 1. The topological polar surface area (TPSA) is 75.9 Å². The first kappa shape index (κ1) is 20.6. The number of hydrogen-bond donors (Lipinski definition) is 1. The SMILES string of the molecule is Cc1cccc(NC(=O)CN2C(c3ccccc3)=CC(c3ccccc3)n3nnnc32)c1C. The summed E-state index contributed by atoms with van der Waals surface area (Å²) in [5.74, 6) is 0.388. The standard InChI is InChI=1S/C26H24N6O/c1-18-10-9-15-22(19(18)2)27-25(33)17-31-23(20-11-5-3-6-12-20)16-24(21-13-7-4-8-14-21)32-26(31)28-29-30-32/h3-16,24H,17H2,1-2H3,(H,27,33). The molecule has 33 heavy (non-hydrogen) atoms. The first-order chi connectivity index (χ1) is 16.1. The van der Waals surface area contributed by atoms with Gasteiger partial charge >= 0.3 is 0 Å². The van der Waals surface area contributed by atoms with E-state index >= 15 is 0 Å². The molecule has 1 aliphatic rings. The summed E-state index contributed by atoms with van der Waals surface area (Å²) < 4.78 is 1.76. The largest absolute Gasteiger partial charge is 0.324 e. The first-order valence-corrected chi connectivity index (χ1v) is 10.9. The molecule has 2 heterocycles. The average molecular weight is 437 g/mol. The highest BCUT2D eigenvalue weighted by molar-refractivity contribution is 5.97. The molecule has 7 heteroatoms. The molecule has 1 amide bonds. The summed E-state index contributed by atoms with van der Waals surface area (Å²) in [6, 6.07) is 25.8. The number of nitrogens with zero attached hydrogens (tertiary/aromatic N) is 5. The molecule has 164 valence electrons. The predicted molar refractivity (Wildman–Crippen MR) is 129 cm³/mol. The van der Waals surface area contributed by atoms with Crippen molar-refractivity contribution in [1.82, 2.24) is 20.2 Å². The van der Waals surface area contributed by atoms with Gasteiger partial charge in [-0.05, 0) is 58.7 Å². The number of anilines is 2. The Morgan fingerprint density at radius 2 is 1.67 bits per heavy atom. The Morgan fingerprint density at radius 3 is 2.42 bits per heavy atom. The summed E-state index contributed by atoms with van der Waals surface area (Å²) in [5, 5.41) is 15.5. The van der Waals surface area contributed by atoms with Crippen LogP contribution < -0.4 is 10.2 Å². The second-order valence-electron chi connectivity index (χ2n) is 8.08. The molecule has 0 bridgehead atoms. The maximum Gasteiger partial charge on any atom is 0.251 e. The monoisotopic (exact) mass is 436 g/mol. The lowest BCUT2D eigenvalue weighted by Gasteiger charge is -2.32. The minimum Gasteiger partial charge on any atom is -0.324 e. The number of aryl methyl sites for hydroxylation is 1. The number of rotatable bonds is 5. The number of nitrogens with one attached hydrogen (secondary N) is 1. The third kappa shape index (κ3) is 4.01. The van der Waals surface area contributed by atoms with Crippen LogP contribution in [0.5, 0.6) is 0 Å². The van der Waals surface area contributed by atoms with Crippen molar-refractivity contribution in [3.8, 4) is 0 Å². The van der Waals surface area contributed by atoms with Gasteiger partial charge < -0.3 is 5.32 Å². The Bertz CT molecular complexity index is 1310. The van der Waals surface area contributed by atoms with Crippen LogP contribution in [0, 0.1) is 13.8 Å². The van der Waals surface area contributed by atoms with E-state index in [1.165, 1.54) is 0 Å². The molecule has 7 nitrogen and oxygen atoms in total. The number of benzene rings is 3. The third-order valence-electron chi connectivity index (χ3n) is 5.98. The molecule has 1 atom stereocenters. The molecule has 1 aliphatic heterocycles. The highest BCUT2D eigenvalue weighted by atomic mass is 16.2. The zero-order valence-electron chi connectivity index (χ0n) is 18.5. The summed E-state index contributed by atoms with van der Waals surface area (Å²) >= 11 is 0. The molecule has 0 saturated heterocycles. The average Bonchev–Trinajstić information content (AvgIpc) is 3.33. The molecule has 3 aromatic carbocycles. The summed E-state index contributed by atoms with van der Waals surface area (Å²) in [5.41, 5.74) is 5.95. The second-order valence-corrected chi connectivity index (χ2v) is 8.08. The highest BCUT2D eigenvalue weighted by Crippen LogP contribution is 2.36. The van der Waals surface area contributed by atoms with Gasteiger partial charge in [-0.2, -0.15) is 4.68 Å². The molecule has 1 N–H and O–H groups in total. The lowest BCUT2D eigenvalue weighted by molar-refractivity contribution is -0.114. The van der Waals surface area contributed by atoms with Crippen LogP contribution in [-0.4, -0.2) is 32.7 Å². The van der Waals surface area contributed by atoms with Crippen LogP contribution in [0.4, 0.5) is 11.6 Å². The van der Waals surface area contributed by atoms with Crippen molar-refractivity contribution in [2.75, 3.05) is 16.8 Å². The fourth-order valence-electron chi connectivity index (χ4n) is 4.09. The normalized spacial score (nSPS) is 15.0. The van der Waals surface area contributed by atoms with E-state index in [4.69, 9.17) is 0 Å². The van der Waals surface area contributed by atoms with Crippen molar-refractivity contribution in [2.45, 2.75) is 19.9 Å². The van der Waals surface area contributed by atoms with Gasteiger partial charge in [0.1, 0.15) is 12.6 Å². The van der Waals surface area contributed by atoms with E-state index < -0.39 is 0 Å². The summed E-state index contributed by atoms with van der Waals surface area (Å²) in [6.07, 6.45) is 2.11. The third-order valence-corrected chi connectivity index (χ3v) is 5.98. The van der Waals surface area contributed by atoms with Crippen molar-refractivity contribution < 1.29 is 4.79 Å². The lowest BCUT2D eigenvalue weighted by Crippen LogP contribution is -2.37. The van der Waals surface area contributed by atoms with E-state index in [-0.39, 0.29) is 18.5 Å². The van der Waals surface area contributed by atoms with Crippen molar-refractivity contribution in [3.05, 3.63) is 107 Å². The number of hydrogen-bond acceptors (Lipinski definition) is 5. The van der Waals surface area contributed by atoms with Crippen LogP contribution in [0.2, 0.25) is 0 Å². The summed E-state index contributed by atoms with van der Waals surface area (Å²) in [6.45, 7) is 4.12. The van der Waals surface area contributed by atoms with Crippen LogP contribution in [-0.2, 0) is 4.79 Å². The van der Waals surface area contributed by atoms with Crippen molar-refractivity contribution in [2.24, 2.45) is 0 Å². The Morgan fingerprint density at radius 1 is 0.939 bits per heavy atom. The van der Waals surface area contributed by atoms with Crippen LogP contribution in [0.3, 0.4) is 0 Å². The van der Waals surface area contributed by atoms with Gasteiger partial charge in [0, 0.05) is 5.69 Å². The van der Waals surface area contributed by atoms with Gasteiger partial charge in [-0.25, -0.2) is 0 Å². The molecule has 1 unspecified atom stereocenters. The number of fused-ring (bicyclic) bond motifs is 1. The van der Waals surface area contributed by atoms with Gasteiger partial charge in [0.05, 0.1) is 5.70 Å². The van der Waals surface area contributed by atoms with E-state index in [9.17, 15) is 4.79 Å². The van der Waals surface area contributed by atoms with Gasteiger partial charge in [-0.1, -0.05) is 77.9 Å². The molecule has 0 aliphatic carbocycles. The maximum absolute atomic E-state index is 13.1. The Kier molecular flexibility index (Phi) is 5.44. The van der Waals surface area contributed by atoms with Crippen molar-refractivity contribution in [1.29, 1.82) is 0 Å². The van der Waals surface area contributed by atoms with Gasteiger partial charge in [-0.3, -0.25) is 9.69 Å². The molecule has 0 fully saturated rings. The number of aromatic nitrogens is 4. The van der Waals surface area contributed by atoms with E-state index in [0.29, 0.717) is 5.95 Å². The van der Waals surface area contributed by atoms with Crippen molar-refractivity contribution in [3.63, 3.8) is 0 Å². The Balaban J connectivity index is 1.53. The molecule has 5 rings (SSSR count). The van der Waals surface area contributed by atoms with Gasteiger partial charge in [0.2, 0.25) is 5.91 Å². The molecule has 0 saturated carbocycles. The van der Waals surface area contributed by atoms with Gasteiger partial charge in [0.15, 0.2) is 0 Å². The zero-order valence-corrected chi connectivity index (χ0v) is 18.5. The van der Waals surface area contributed by atoms with Crippen LogP contribution in [0.25, 0.3) is 5.70 Å². The minimum absolute atomic E-state index is 0.0794. The fraction of sp³-hybridized carbons (Fsp3) is 0.154. The number of allylic oxidation sites excluding steroid dienone is 1. The second kappa shape index (κ2) is 8.70. The highest BCUT2D eigenvalue weighted by Gasteiger charge is 2.31. The van der Waals surface area contributed by atoms with E-state index in [0.717, 1.165) is 33.6 Å². The fourth-order valence-corrected chi connectivity index (χ4v) is 4.09. The summed E-state index contributed by atoms with van der Waals surface area (Å²) in [7, 11) is 0. The molecule has 0 radical (unpaired) electrons. The Hall–Kier alpha value is -4.26. The smallest absolute Gasteiger partial charge is 0.251 e. The molecular formula is C26H24N6O. The molecule has 1 aromatic heterocycles. The van der Waals surface area contributed by atoms with Crippen LogP contribution in [0.15, 0.2) is 84.9 Å². The molecule has 4 aromatic rings. The van der Waals surface area contributed by atoms with E-state index in [1.54, 1.807) is 4.68 Å². The van der Waals surface area contributed by atoms with Crippen LogP contribution >= 0.6 is 0 Å². The predicted octanol–water partition coefficient (Wildman–Crippen LogP) is 4.38. The van der Waals surface area contributed by atoms with Gasteiger partial charge in [0.25, 0.3) is 5.95 Å². The quantitative estimate of drug-likeness (QED) is 0.503. The van der Waals surface area contributed by atoms with Gasteiger partial charge in [-0.15, -0.1) is 0 Å². The van der Waals surface area contributed by atoms with E-state index in [1.807, 2.05) is 85.5 Å². The minimum atomic E-state index is -0.176. The number of carbonyl (C=O) groups is 1. The molecular weight excluding hydrogens is 412 g/mol.